The quantitative estimate of drug-likeness (QED) is 0.828. The van der Waals surface area contributed by atoms with E-state index in [-0.39, 0.29) is 5.41 Å². The third-order valence-electron chi connectivity index (χ3n) is 5.27. The molecule has 1 saturated heterocycles. The molecule has 0 aromatic carbocycles. The summed E-state index contributed by atoms with van der Waals surface area (Å²) in [6, 6.07) is 0.680. The van der Waals surface area contributed by atoms with Crippen molar-refractivity contribution in [2.24, 2.45) is 5.92 Å². The van der Waals surface area contributed by atoms with Crippen molar-refractivity contribution in [3.05, 3.63) is 18.2 Å². The summed E-state index contributed by atoms with van der Waals surface area (Å²) < 4.78 is 2.50. The van der Waals surface area contributed by atoms with Crippen LogP contribution < -0.4 is 5.32 Å². The standard InChI is InChI=1S/C16H27N3/c1-13-4-3-5-14(7-6-13)19-12-18-10-15(19)16(2)8-9-17-11-16/h10,12-14,17H,3-9,11H2,1-2H3. The molecule has 2 aliphatic rings. The molecule has 106 valence electrons. The first kappa shape index (κ1) is 13.2. The Morgan fingerprint density at radius 1 is 1.32 bits per heavy atom. The Morgan fingerprint density at radius 2 is 2.21 bits per heavy atom. The first-order chi connectivity index (χ1) is 9.19. The van der Waals surface area contributed by atoms with Crippen LogP contribution in [0.1, 0.15) is 64.1 Å². The van der Waals surface area contributed by atoms with Crippen LogP contribution in [0.15, 0.2) is 12.5 Å². The van der Waals surface area contributed by atoms with E-state index in [1.54, 1.807) is 0 Å². The van der Waals surface area contributed by atoms with Gasteiger partial charge < -0.3 is 9.88 Å². The third-order valence-corrected chi connectivity index (χ3v) is 5.27. The van der Waals surface area contributed by atoms with Gasteiger partial charge in [0.15, 0.2) is 0 Å². The smallest absolute Gasteiger partial charge is 0.0950 e. The molecule has 0 radical (unpaired) electrons. The van der Waals surface area contributed by atoms with Gasteiger partial charge in [-0.15, -0.1) is 0 Å². The van der Waals surface area contributed by atoms with E-state index in [4.69, 9.17) is 0 Å². The van der Waals surface area contributed by atoms with Gasteiger partial charge in [-0.2, -0.15) is 0 Å². The lowest BCUT2D eigenvalue weighted by Gasteiger charge is -2.28. The highest BCUT2D eigenvalue weighted by Gasteiger charge is 2.34. The molecule has 3 atom stereocenters. The molecule has 3 unspecified atom stereocenters. The van der Waals surface area contributed by atoms with E-state index in [0.29, 0.717) is 6.04 Å². The Labute approximate surface area is 116 Å². The fourth-order valence-electron chi connectivity index (χ4n) is 3.84. The van der Waals surface area contributed by atoms with E-state index < -0.39 is 0 Å². The summed E-state index contributed by atoms with van der Waals surface area (Å²) in [7, 11) is 0. The molecule has 3 nitrogen and oxygen atoms in total. The number of hydrogen-bond donors (Lipinski definition) is 1. The summed E-state index contributed by atoms with van der Waals surface area (Å²) in [6.07, 6.45) is 12.2. The Hall–Kier alpha value is -0.830. The molecule has 1 saturated carbocycles. The zero-order valence-corrected chi connectivity index (χ0v) is 12.4. The van der Waals surface area contributed by atoms with Crippen LogP contribution in [0.4, 0.5) is 0 Å². The van der Waals surface area contributed by atoms with Crippen LogP contribution in [-0.2, 0) is 5.41 Å². The first-order valence-electron chi connectivity index (χ1n) is 7.92. The fraction of sp³-hybridized carbons (Fsp3) is 0.812. The molecule has 2 heterocycles. The van der Waals surface area contributed by atoms with Gasteiger partial charge in [-0.3, -0.25) is 0 Å². The van der Waals surface area contributed by atoms with E-state index in [1.807, 2.05) is 0 Å². The predicted molar refractivity (Wildman–Crippen MR) is 78.4 cm³/mol. The van der Waals surface area contributed by atoms with Gasteiger partial charge >= 0.3 is 0 Å². The van der Waals surface area contributed by atoms with Gasteiger partial charge in [0.1, 0.15) is 0 Å². The van der Waals surface area contributed by atoms with E-state index in [1.165, 1.54) is 44.2 Å². The molecule has 3 heteroatoms. The highest BCUT2D eigenvalue weighted by atomic mass is 15.1. The molecule has 1 aromatic heterocycles. The van der Waals surface area contributed by atoms with Crippen molar-refractivity contribution in [2.45, 2.75) is 63.8 Å². The zero-order chi connectivity index (χ0) is 13.3. The van der Waals surface area contributed by atoms with Crippen molar-refractivity contribution in [2.75, 3.05) is 13.1 Å². The number of aromatic nitrogens is 2. The summed E-state index contributed by atoms with van der Waals surface area (Å²) >= 11 is 0. The summed E-state index contributed by atoms with van der Waals surface area (Å²) in [5, 5.41) is 3.51. The minimum atomic E-state index is 0.286. The molecule has 3 rings (SSSR count). The molecule has 1 aliphatic carbocycles. The second kappa shape index (κ2) is 5.28. The molecular weight excluding hydrogens is 234 g/mol. The number of imidazole rings is 1. The average molecular weight is 261 g/mol. The summed E-state index contributed by atoms with van der Waals surface area (Å²) in [6.45, 7) is 7.03. The van der Waals surface area contributed by atoms with Gasteiger partial charge in [0.05, 0.1) is 6.33 Å². The maximum atomic E-state index is 4.47. The molecule has 0 spiro atoms. The topological polar surface area (TPSA) is 29.9 Å². The van der Waals surface area contributed by atoms with E-state index in [2.05, 4.69) is 41.2 Å². The van der Waals surface area contributed by atoms with Crippen LogP contribution in [0.3, 0.4) is 0 Å². The monoisotopic (exact) mass is 261 g/mol. The number of rotatable bonds is 2. The summed E-state index contributed by atoms with van der Waals surface area (Å²) in [4.78, 5) is 4.47. The summed E-state index contributed by atoms with van der Waals surface area (Å²) in [5.74, 6) is 0.903. The number of nitrogens with zero attached hydrogens (tertiary/aromatic N) is 2. The Morgan fingerprint density at radius 3 is 3.00 bits per heavy atom. The van der Waals surface area contributed by atoms with Gasteiger partial charge in [-0.1, -0.05) is 26.7 Å². The average Bonchev–Trinajstić information content (AvgIpc) is 2.99. The van der Waals surface area contributed by atoms with Gasteiger partial charge in [-0.25, -0.2) is 4.98 Å². The van der Waals surface area contributed by atoms with Crippen LogP contribution in [0.25, 0.3) is 0 Å². The molecule has 1 aromatic rings. The van der Waals surface area contributed by atoms with Crippen molar-refractivity contribution in [3.63, 3.8) is 0 Å². The lowest BCUT2D eigenvalue weighted by molar-refractivity contribution is 0.386. The van der Waals surface area contributed by atoms with Crippen LogP contribution >= 0.6 is 0 Å². The third kappa shape index (κ3) is 2.58. The van der Waals surface area contributed by atoms with Crippen molar-refractivity contribution in [3.8, 4) is 0 Å². The van der Waals surface area contributed by atoms with Crippen LogP contribution in [0.5, 0.6) is 0 Å². The normalized spacial score (nSPS) is 36.3. The van der Waals surface area contributed by atoms with Gasteiger partial charge in [0.25, 0.3) is 0 Å². The van der Waals surface area contributed by atoms with Crippen molar-refractivity contribution in [1.29, 1.82) is 0 Å². The molecule has 2 fully saturated rings. The van der Waals surface area contributed by atoms with E-state index in [0.717, 1.165) is 19.0 Å². The molecule has 1 N–H and O–H groups in total. The Bertz CT molecular complexity index is 417. The van der Waals surface area contributed by atoms with E-state index in [9.17, 15) is 0 Å². The highest BCUT2D eigenvalue weighted by molar-refractivity contribution is 5.18. The van der Waals surface area contributed by atoms with Gasteiger partial charge in [0.2, 0.25) is 0 Å². The Kier molecular flexibility index (Phi) is 3.66. The SMILES string of the molecule is CC1CCCC(n2cncc2C2(C)CCNC2)CC1. The van der Waals surface area contributed by atoms with Crippen molar-refractivity contribution < 1.29 is 0 Å². The molecule has 0 amide bonds. The fourth-order valence-corrected chi connectivity index (χ4v) is 3.84. The molecule has 19 heavy (non-hydrogen) atoms. The molecule has 1 aliphatic heterocycles. The number of hydrogen-bond acceptors (Lipinski definition) is 2. The van der Waals surface area contributed by atoms with Crippen molar-refractivity contribution in [1.82, 2.24) is 14.9 Å². The maximum Gasteiger partial charge on any atom is 0.0950 e. The first-order valence-corrected chi connectivity index (χ1v) is 7.92. The Balaban J connectivity index is 1.83. The lowest BCUT2D eigenvalue weighted by Crippen LogP contribution is -2.29. The minimum Gasteiger partial charge on any atom is -0.331 e. The second-order valence-electron chi connectivity index (χ2n) is 6.94. The van der Waals surface area contributed by atoms with Gasteiger partial charge in [0, 0.05) is 29.9 Å². The van der Waals surface area contributed by atoms with E-state index >= 15 is 0 Å². The zero-order valence-electron chi connectivity index (χ0n) is 12.4. The van der Waals surface area contributed by atoms with Crippen LogP contribution in [0, 0.1) is 5.92 Å². The van der Waals surface area contributed by atoms with Crippen LogP contribution in [0.2, 0.25) is 0 Å². The largest absolute Gasteiger partial charge is 0.331 e. The minimum absolute atomic E-state index is 0.286. The van der Waals surface area contributed by atoms with Crippen molar-refractivity contribution >= 4 is 0 Å². The van der Waals surface area contributed by atoms with Crippen LogP contribution in [-0.4, -0.2) is 22.6 Å². The van der Waals surface area contributed by atoms with Gasteiger partial charge in [-0.05, 0) is 38.1 Å². The molecule has 0 bridgehead atoms. The predicted octanol–water partition coefficient (Wildman–Crippen LogP) is 3.28. The maximum absolute atomic E-state index is 4.47. The summed E-state index contributed by atoms with van der Waals surface area (Å²) in [5.41, 5.74) is 1.74. The number of nitrogens with one attached hydrogen (secondary N) is 1. The lowest BCUT2D eigenvalue weighted by atomic mass is 9.86. The molecular formula is C16H27N3. The second-order valence-corrected chi connectivity index (χ2v) is 6.94. The highest BCUT2D eigenvalue weighted by Crippen LogP contribution is 2.36.